The molecule has 0 heterocycles. The van der Waals surface area contributed by atoms with Crippen molar-refractivity contribution in [1.82, 2.24) is 0 Å². The van der Waals surface area contributed by atoms with Gasteiger partial charge >= 0.3 is 0 Å². The van der Waals surface area contributed by atoms with E-state index in [-0.39, 0.29) is 4.87 Å². The van der Waals surface area contributed by atoms with E-state index in [0.717, 1.165) is 6.42 Å². The standard InChI is InChI=1S/C15H13Cl/c16-15(13-9-5-2-6-10-13)11-14(15)12-7-3-1-4-8-12/h1-10,14H,11H2. The Balaban J connectivity index is 1.90. The highest BCUT2D eigenvalue weighted by molar-refractivity contribution is 6.27. The highest BCUT2D eigenvalue weighted by Gasteiger charge is 2.54. The summed E-state index contributed by atoms with van der Waals surface area (Å²) in [5.41, 5.74) is 2.59. The summed E-state index contributed by atoms with van der Waals surface area (Å²) in [6, 6.07) is 20.9. The summed E-state index contributed by atoms with van der Waals surface area (Å²) in [6.45, 7) is 0. The first kappa shape index (κ1) is 9.92. The highest BCUT2D eigenvalue weighted by Crippen LogP contribution is 2.63. The maximum atomic E-state index is 6.67. The molecule has 1 saturated carbocycles. The van der Waals surface area contributed by atoms with Crippen molar-refractivity contribution in [2.24, 2.45) is 0 Å². The maximum Gasteiger partial charge on any atom is 0.0770 e. The summed E-state index contributed by atoms with van der Waals surface area (Å²) in [6.07, 6.45) is 1.04. The Bertz CT molecular complexity index is 477. The van der Waals surface area contributed by atoms with Crippen LogP contribution in [0.1, 0.15) is 23.5 Å². The lowest BCUT2D eigenvalue weighted by Gasteiger charge is -2.09. The highest BCUT2D eigenvalue weighted by atomic mass is 35.5. The van der Waals surface area contributed by atoms with Crippen LogP contribution in [0, 0.1) is 0 Å². The predicted molar refractivity (Wildman–Crippen MR) is 67.8 cm³/mol. The molecule has 0 aliphatic heterocycles. The zero-order chi connectivity index (χ0) is 11.0. The first-order chi connectivity index (χ1) is 7.81. The van der Waals surface area contributed by atoms with Gasteiger partial charge < -0.3 is 0 Å². The van der Waals surface area contributed by atoms with Gasteiger partial charge in [0.25, 0.3) is 0 Å². The molecular formula is C15H13Cl. The van der Waals surface area contributed by atoms with Crippen LogP contribution < -0.4 is 0 Å². The molecule has 80 valence electrons. The van der Waals surface area contributed by atoms with E-state index < -0.39 is 0 Å². The van der Waals surface area contributed by atoms with E-state index in [1.165, 1.54) is 11.1 Å². The molecule has 0 spiro atoms. The van der Waals surface area contributed by atoms with Gasteiger partial charge in [0.2, 0.25) is 0 Å². The lowest BCUT2D eigenvalue weighted by Crippen LogP contribution is -1.99. The number of hydrogen-bond acceptors (Lipinski definition) is 0. The van der Waals surface area contributed by atoms with Crippen molar-refractivity contribution in [2.75, 3.05) is 0 Å². The van der Waals surface area contributed by atoms with E-state index in [1.54, 1.807) is 0 Å². The number of alkyl halides is 1. The summed E-state index contributed by atoms with van der Waals surface area (Å²) in [5.74, 6) is 0.470. The Morgan fingerprint density at radius 1 is 0.875 bits per heavy atom. The van der Waals surface area contributed by atoms with Gasteiger partial charge in [0.05, 0.1) is 4.87 Å². The van der Waals surface area contributed by atoms with Gasteiger partial charge in [-0.3, -0.25) is 0 Å². The molecule has 1 heteroatoms. The molecule has 3 rings (SSSR count). The molecule has 1 aliphatic carbocycles. The molecule has 2 atom stereocenters. The third-order valence-corrected chi connectivity index (χ3v) is 3.98. The molecule has 0 nitrogen and oxygen atoms in total. The fourth-order valence-corrected chi connectivity index (χ4v) is 2.75. The first-order valence-corrected chi connectivity index (χ1v) is 5.98. The van der Waals surface area contributed by atoms with Crippen molar-refractivity contribution in [3.8, 4) is 0 Å². The average Bonchev–Trinajstić information content (AvgIpc) is 3.06. The summed E-state index contributed by atoms with van der Waals surface area (Å²) >= 11 is 6.67. The van der Waals surface area contributed by atoms with Gasteiger partial charge in [-0.2, -0.15) is 0 Å². The van der Waals surface area contributed by atoms with Crippen molar-refractivity contribution in [3.63, 3.8) is 0 Å². The Hall–Kier alpha value is -1.27. The molecule has 1 fully saturated rings. The van der Waals surface area contributed by atoms with Crippen LogP contribution in [-0.2, 0) is 4.87 Å². The van der Waals surface area contributed by atoms with E-state index >= 15 is 0 Å². The Labute approximate surface area is 101 Å². The van der Waals surface area contributed by atoms with Crippen LogP contribution >= 0.6 is 11.6 Å². The van der Waals surface area contributed by atoms with Gasteiger partial charge in [0.15, 0.2) is 0 Å². The van der Waals surface area contributed by atoms with Crippen molar-refractivity contribution >= 4 is 11.6 Å². The van der Waals surface area contributed by atoms with Crippen LogP contribution in [0.25, 0.3) is 0 Å². The first-order valence-electron chi connectivity index (χ1n) is 5.60. The molecule has 0 amide bonds. The minimum atomic E-state index is -0.164. The number of hydrogen-bond donors (Lipinski definition) is 0. The smallest absolute Gasteiger partial charge is 0.0770 e. The van der Waals surface area contributed by atoms with Crippen LogP contribution in [0.4, 0.5) is 0 Å². The second kappa shape index (κ2) is 3.64. The Kier molecular flexibility index (Phi) is 2.26. The van der Waals surface area contributed by atoms with E-state index in [1.807, 2.05) is 12.1 Å². The quantitative estimate of drug-likeness (QED) is 0.672. The van der Waals surface area contributed by atoms with Gasteiger partial charge in [0.1, 0.15) is 0 Å². The zero-order valence-electron chi connectivity index (χ0n) is 8.94. The molecule has 0 saturated heterocycles. The number of benzene rings is 2. The van der Waals surface area contributed by atoms with Gasteiger partial charge in [-0.1, -0.05) is 60.7 Å². The lowest BCUT2D eigenvalue weighted by atomic mass is 10.0. The van der Waals surface area contributed by atoms with Gasteiger partial charge in [-0.25, -0.2) is 0 Å². The van der Waals surface area contributed by atoms with Crippen molar-refractivity contribution < 1.29 is 0 Å². The Morgan fingerprint density at radius 2 is 1.44 bits per heavy atom. The largest absolute Gasteiger partial charge is 0.113 e. The molecule has 2 aromatic carbocycles. The maximum absolute atomic E-state index is 6.67. The fraction of sp³-hybridized carbons (Fsp3) is 0.200. The third-order valence-electron chi connectivity index (χ3n) is 3.35. The molecule has 16 heavy (non-hydrogen) atoms. The van der Waals surface area contributed by atoms with E-state index in [0.29, 0.717) is 5.92 Å². The monoisotopic (exact) mass is 228 g/mol. The molecule has 2 unspecified atom stereocenters. The molecule has 0 radical (unpaired) electrons. The summed E-state index contributed by atoms with van der Waals surface area (Å²) in [5, 5.41) is 0. The zero-order valence-corrected chi connectivity index (χ0v) is 9.69. The summed E-state index contributed by atoms with van der Waals surface area (Å²) in [7, 11) is 0. The van der Waals surface area contributed by atoms with Crippen LogP contribution in [0.3, 0.4) is 0 Å². The van der Waals surface area contributed by atoms with E-state index in [2.05, 4.69) is 48.5 Å². The van der Waals surface area contributed by atoms with Gasteiger partial charge in [-0.15, -0.1) is 11.6 Å². The molecule has 0 N–H and O–H groups in total. The molecule has 0 bridgehead atoms. The topological polar surface area (TPSA) is 0 Å². The molecule has 0 aromatic heterocycles. The molecular weight excluding hydrogens is 216 g/mol. The normalized spacial score (nSPS) is 27.7. The number of halogens is 1. The minimum Gasteiger partial charge on any atom is -0.113 e. The van der Waals surface area contributed by atoms with Crippen LogP contribution in [0.15, 0.2) is 60.7 Å². The van der Waals surface area contributed by atoms with Crippen molar-refractivity contribution in [3.05, 3.63) is 71.8 Å². The average molecular weight is 229 g/mol. The summed E-state index contributed by atoms with van der Waals surface area (Å²) < 4.78 is 0. The lowest BCUT2D eigenvalue weighted by molar-refractivity contribution is 0.942. The van der Waals surface area contributed by atoms with Gasteiger partial charge in [0, 0.05) is 5.92 Å². The van der Waals surface area contributed by atoms with Gasteiger partial charge in [-0.05, 0) is 17.5 Å². The minimum absolute atomic E-state index is 0.164. The van der Waals surface area contributed by atoms with Crippen LogP contribution in [-0.4, -0.2) is 0 Å². The fourth-order valence-electron chi connectivity index (χ4n) is 2.34. The summed E-state index contributed by atoms with van der Waals surface area (Å²) in [4.78, 5) is -0.164. The van der Waals surface area contributed by atoms with E-state index in [4.69, 9.17) is 11.6 Å². The predicted octanol–water partition coefficient (Wildman–Crippen LogP) is 4.31. The second-order valence-electron chi connectivity index (χ2n) is 4.40. The van der Waals surface area contributed by atoms with Crippen molar-refractivity contribution in [2.45, 2.75) is 17.2 Å². The second-order valence-corrected chi connectivity index (χ2v) is 5.07. The molecule has 2 aromatic rings. The van der Waals surface area contributed by atoms with Crippen LogP contribution in [0.2, 0.25) is 0 Å². The Morgan fingerprint density at radius 3 is 2.06 bits per heavy atom. The SMILES string of the molecule is ClC1(c2ccccc2)CC1c1ccccc1. The third kappa shape index (κ3) is 1.54. The van der Waals surface area contributed by atoms with E-state index in [9.17, 15) is 0 Å². The molecule has 1 aliphatic rings. The van der Waals surface area contributed by atoms with Crippen LogP contribution in [0.5, 0.6) is 0 Å². The number of rotatable bonds is 2. The van der Waals surface area contributed by atoms with Crippen molar-refractivity contribution in [1.29, 1.82) is 0 Å².